The van der Waals surface area contributed by atoms with E-state index in [1.165, 1.54) is 12.1 Å². The highest BCUT2D eigenvalue weighted by Crippen LogP contribution is 2.21. The Hall–Kier alpha value is -3.36. The Balaban J connectivity index is 1.39. The molecule has 178 valence electrons. The fourth-order valence-corrected chi connectivity index (χ4v) is 5.00. The van der Waals surface area contributed by atoms with Crippen molar-refractivity contribution in [3.05, 3.63) is 89.5 Å². The molecule has 0 radical (unpaired) electrons. The van der Waals surface area contributed by atoms with E-state index in [1.807, 2.05) is 31.2 Å². The number of ether oxygens (including phenoxy) is 1. The number of sulfonamides is 1. The van der Waals surface area contributed by atoms with Crippen LogP contribution in [0.2, 0.25) is 0 Å². The predicted molar refractivity (Wildman–Crippen MR) is 134 cm³/mol. The van der Waals surface area contributed by atoms with Gasteiger partial charge in [-0.15, -0.1) is 0 Å². The maximum Gasteiger partial charge on any atom is 0.261 e. The molecule has 8 heteroatoms. The fraction of sp³-hybridized carbons (Fsp3) is 0.269. The lowest BCUT2D eigenvalue weighted by Gasteiger charge is -2.29. The van der Waals surface area contributed by atoms with Gasteiger partial charge in [0.15, 0.2) is 0 Å². The number of hydrogen-bond donors (Lipinski definition) is 1. The Morgan fingerprint density at radius 1 is 0.971 bits per heavy atom. The molecule has 1 aliphatic rings. The Bertz CT molecular complexity index is 1240. The molecule has 1 fully saturated rings. The lowest BCUT2D eigenvalue weighted by molar-refractivity contribution is 0.0785. The van der Waals surface area contributed by atoms with Gasteiger partial charge in [-0.2, -0.15) is 0 Å². The topological polar surface area (TPSA) is 79.0 Å². The summed E-state index contributed by atoms with van der Waals surface area (Å²) in [5.41, 5.74) is 3.97. The van der Waals surface area contributed by atoms with Crippen molar-refractivity contribution < 1.29 is 17.9 Å². The van der Waals surface area contributed by atoms with Crippen molar-refractivity contribution in [2.75, 3.05) is 43.0 Å². The molecule has 4 rings (SSSR count). The summed E-state index contributed by atoms with van der Waals surface area (Å²) in [4.78, 5) is 16.9. The first-order valence-electron chi connectivity index (χ1n) is 11.2. The zero-order chi connectivity index (χ0) is 24.1. The maximum absolute atomic E-state index is 12.9. The molecule has 1 saturated heterocycles. The highest BCUT2D eigenvalue weighted by atomic mass is 32.2. The quantitative estimate of drug-likeness (QED) is 0.556. The second-order valence-corrected chi connectivity index (χ2v) is 10.1. The van der Waals surface area contributed by atoms with Gasteiger partial charge in [0, 0.05) is 37.9 Å². The Morgan fingerprint density at radius 2 is 1.62 bits per heavy atom. The summed E-state index contributed by atoms with van der Waals surface area (Å²) in [5, 5.41) is 0. The number of morpholine rings is 1. The molecule has 0 unspecified atom stereocenters. The number of hydrogen-bond acceptors (Lipinski definition) is 5. The molecule has 3 aromatic rings. The number of nitrogens with one attached hydrogen (secondary N) is 1. The SMILES string of the molecule is Cc1ccccc1NS(=O)(=O)c1ccc(C(=O)N(C)Cc2ccc(N3CCOCC3)cc2)cc1. The third kappa shape index (κ3) is 5.58. The van der Waals surface area contributed by atoms with Crippen LogP contribution in [-0.2, 0) is 21.3 Å². The summed E-state index contributed by atoms with van der Waals surface area (Å²) in [5.74, 6) is -0.173. The smallest absolute Gasteiger partial charge is 0.261 e. The highest BCUT2D eigenvalue weighted by Gasteiger charge is 2.18. The molecule has 0 saturated carbocycles. The van der Waals surface area contributed by atoms with E-state index >= 15 is 0 Å². The molecule has 1 aliphatic heterocycles. The second-order valence-electron chi connectivity index (χ2n) is 8.37. The average molecular weight is 480 g/mol. The Kier molecular flexibility index (Phi) is 7.19. The molecule has 3 aromatic carbocycles. The van der Waals surface area contributed by atoms with Crippen molar-refractivity contribution in [2.45, 2.75) is 18.4 Å². The predicted octanol–water partition coefficient (Wildman–Crippen LogP) is 3.90. The van der Waals surface area contributed by atoms with Gasteiger partial charge in [0.1, 0.15) is 0 Å². The van der Waals surface area contributed by atoms with Gasteiger partial charge in [-0.25, -0.2) is 8.42 Å². The van der Waals surface area contributed by atoms with E-state index in [0.29, 0.717) is 17.8 Å². The fourth-order valence-electron chi connectivity index (χ4n) is 3.87. The van der Waals surface area contributed by atoms with Crippen LogP contribution < -0.4 is 9.62 Å². The summed E-state index contributed by atoms with van der Waals surface area (Å²) in [6, 6.07) is 21.4. The van der Waals surface area contributed by atoms with Crippen molar-refractivity contribution in [3.63, 3.8) is 0 Å². The van der Waals surface area contributed by atoms with E-state index < -0.39 is 10.0 Å². The zero-order valence-electron chi connectivity index (χ0n) is 19.4. The number of carbonyl (C=O) groups is 1. The average Bonchev–Trinajstić information content (AvgIpc) is 2.86. The molecule has 0 atom stereocenters. The molecule has 1 heterocycles. The highest BCUT2D eigenvalue weighted by molar-refractivity contribution is 7.92. The van der Waals surface area contributed by atoms with Crippen LogP contribution in [0, 0.1) is 6.92 Å². The van der Waals surface area contributed by atoms with Crippen molar-refractivity contribution in [3.8, 4) is 0 Å². The monoisotopic (exact) mass is 479 g/mol. The van der Waals surface area contributed by atoms with Crippen molar-refractivity contribution in [1.29, 1.82) is 0 Å². The van der Waals surface area contributed by atoms with Crippen LogP contribution in [0.3, 0.4) is 0 Å². The summed E-state index contributed by atoms with van der Waals surface area (Å²) in [6.07, 6.45) is 0. The van der Waals surface area contributed by atoms with Gasteiger partial charge >= 0.3 is 0 Å². The van der Waals surface area contributed by atoms with Crippen LogP contribution in [0.25, 0.3) is 0 Å². The first-order valence-corrected chi connectivity index (χ1v) is 12.7. The van der Waals surface area contributed by atoms with Gasteiger partial charge in [0.25, 0.3) is 15.9 Å². The minimum Gasteiger partial charge on any atom is -0.378 e. The van der Waals surface area contributed by atoms with Crippen molar-refractivity contribution >= 4 is 27.3 Å². The summed E-state index contributed by atoms with van der Waals surface area (Å²) >= 11 is 0. The minimum atomic E-state index is -3.75. The van der Waals surface area contributed by atoms with Crippen LogP contribution in [-0.4, -0.2) is 52.6 Å². The summed E-state index contributed by atoms with van der Waals surface area (Å²) < 4.78 is 33.5. The number of amides is 1. The number of carbonyl (C=O) groups excluding carboxylic acids is 1. The van der Waals surface area contributed by atoms with Gasteiger partial charge < -0.3 is 14.5 Å². The number of aryl methyl sites for hydroxylation is 1. The Morgan fingerprint density at radius 3 is 2.26 bits per heavy atom. The third-order valence-electron chi connectivity index (χ3n) is 5.88. The van der Waals surface area contributed by atoms with Crippen LogP contribution in [0.4, 0.5) is 11.4 Å². The van der Waals surface area contributed by atoms with Gasteiger partial charge in [0.05, 0.1) is 23.8 Å². The number of benzene rings is 3. The molecule has 1 amide bonds. The lowest BCUT2D eigenvalue weighted by Crippen LogP contribution is -2.36. The lowest BCUT2D eigenvalue weighted by atomic mass is 10.1. The van der Waals surface area contributed by atoms with E-state index in [-0.39, 0.29) is 10.8 Å². The summed E-state index contributed by atoms with van der Waals surface area (Å²) in [7, 11) is -2.01. The molecule has 34 heavy (non-hydrogen) atoms. The van der Waals surface area contributed by atoms with Crippen LogP contribution in [0.5, 0.6) is 0 Å². The standard InChI is InChI=1S/C26H29N3O4S/c1-20-5-3-4-6-25(20)27-34(31,32)24-13-9-22(10-14-24)26(30)28(2)19-21-7-11-23(12-8-21)29-15-17-33-18-16-29/h3-14,27H,15-19H2,1-2H3. The minimum absolute atomic E-state index is 0.105. The zero-order valence-corrected chi connectivity index (χ0v) is 20.2. The first-order chi connectivity index (χ1) is 16.3. The second kappa shape index (κ2) is 10.3. The maximum atomic E-state index is 12.9. The molecule has 0 bridgehead atoms. The molecule has 0 aliphatic carbocycles. The van der Waals surface area contributed by atoms with Crippen LogP contribution in [0.1, 0.15) is 21.5 Å². The number of anilines is 2. The van der Waals surface area contributed by atoms with Crippen molar-refractivity contribution in [2.24, 2.45) is 0 Å². The van der Waals surface area contributed by atoms with Gasteiger partial charge in [-0.1, -0.05) is 30.3 Å². The molecular formula is C26H29N3O4S. The van der Waals surface area contributed by atoms with Gasteiger partial charge in [-0.3, -0.25) is 9.52 Å². The summed E-state index contributed by atoms with van der Waals surface area (Å²) in [6.45, 7) is 5.53. The van der Waals surface area contributed by atoms with E-state index in [0.717, 1.165) is 43.1 Å². The van der Waals surface area contributed by atoms with E-state index in [9.17, 15) is 13.2 Å². The third-order valence-corrected chi connectivity index (χ3v) is 7.26. The van der Waals surface area contributed by atoms with Gasteiger partial charge in [0.2, 0.25) is 0 Å². The molecule has 0 aromatic heterocycles. The van der Waals surface area contributed by atoms with E-state index in [1.54, 1.807) is 36.2 Å². The number of nitrogens with zero attached hydrogens (tertiary/aromatic N) is 2. The number of rotatable bonds is 7. The largest absolute Gasteiger partial charge is 0.378 e. The molecule has 1 N–H and O–H groups in total. The van der Waals surface area contributed by atoms with Gasteiger partial charge in [-0.05, 0) is 60.5 Å². The molecule has 0 spiro atoms. The van der Waals surface area contributed by atoms with Crippen LogP contribution in [0.15, 0.2) is 77.7 Å². The normalized spacial score (nSPS) is 14.0. The van der Waals surface area contributed by atoms with E-state index in [4.69, 9.17) is 4.74 Å². The van der Waals surface area contributed by atoms with E-state index in [2.05, 4.69) is 21.8 Å². The first kappa shape index (κ1) is 23.8. The molecule has 7 nitrogen and oxygen atoms in total. The number of para-hydroxylation sites is 1. The molecular weight excluding hydrogens is 450 g/mol. The Labute approximate surface area is 201 Å². The van der Waals surface area contributed by atoms with Crippen LogP contribution >= 0.6 is 0 Å². The van der Waals surface area contributed by atoms with Crippen molar-refractivity contribution in [1.82, 2.24) is 4.90 Å².